The minimum atomic E-state index is -0.0732. The summed E-state index contributed by atoms with van der Waals surface area (Å²) in [6, 6.07) is 5.24. The topological polar surface area (TPSA) is 59.1 Å². The standard InChI is InChI=1S/C20H28N2O4/c1-25-16-8-9-18(26-2)17(14-16)20(24)22-11-5-10-21(12-13-22)19(23)15-6-3-4-7-15/h8-9,14-15H,3-7,10-13H2,1-2H3. The first-order valence-corrected chi connectivity index (χ1v) is 9.44. The van der Waals surface area contributed by atoms with Crippen molar-refractivity contribution in [1.29, 1.82) is 0 Å². The molecule has 2 fully saturated rings. The highest BCUT2D eigenvalue weighted by Gasteiger charge is 2.30. The van der Waals surface area contributed by atoms with Gasteiger partial charge in [-0.25, -0.2) is 0 Å². The molecule has 0 radical (unpaired) electrons. The van der Waals surface area contributed by atoms with E-state index in [1.165, 1.54) is 0 Å². The van der Waals surface area contributed by atoms with Crippen molar-refractivity contribution in [2.45, 2.75) is 32.1 Å². The molecule has 2 amide bonds. The molecule has 1 aliphatic heterocycles. The Hall–Kier alpha value is -2.24. The molecule has 1 aliphatic carbocycles. The Morgan fingerprint density at radius 3 is 2.31 bits per heavy atom. The zero-order chi connectivity index (χ0) is 18.5. The van der Waals surface area contributed by atoms with Crippen LogP contribution in [0.25, 0.3) is 0 Å². The van der Waals surface area contributed by atoms with E-state index in [9.17, 15) is 9.59 Å². The average molecular weight is 360 g/mol. The van der Waals surface area contributed by atoms with Gasteiger partial charge in [-0.2, -0.15) is 0 Å². The van der Waals surface area contributed by atoms with Crippen molar-refractivity contribution in [2.75, 3.05) is 40.4 Å². The third kappa shape index (κ3) is 3.94. The van der Waals surface area contributed by atoms with Gasteiger partial charge in [-0.3, -0.25) is 9.59 Å². The summed E-state index contributed by atoms with van der Waals surface area (Å²) in [6.45, 7) is 2.53. The van der Waals surface area contributed by atoms with Crippen LogP contribution in [0.3, 0.4) is 0 Å². The van der Waals surface area contributed by atoms with Crippen LogP contribution >= 0.6 is 0 Å². The van der Waals surface area contributed by atoms with Crippen LogP contribution in [-0.4, -0.2) is 62.0 Å². The molecule has 142 valence electrons. The Kier molecular flexibility index (Phi) is 6.01. The molecule has 26 heavy (non-hydrogen) atoms. The van der Waals surface area contributed by atoms with Gasteiger partial charge in [0.15, 0.2) is 0 Å². The number of rotatable bonds is 4. The number of carbonyl (C=O) groups is 2. The largest absolute Gasteiger partial charge is 0.497 e. The van der Waals surface area contributed by atoms with Crippen LogP contribution < -0.4 is 9.47 Å². The Morgan fingerprint density at radius 1 is 0.923 bits per heavy atom. The van der Waals surface area contributed by atoms with Gasteiger partial charge in [0.2, 0.25) is 5.91 Å². The molecule has 3 rings (SSSR count). The number of carbonyl (C=O) groups excluding carboxylic acids is 2. The van der Waals surface area contributed by atoms with Crippen LogP contribution in [0.2, 0.25) is 0 Å². The van der Waals surface area contributed by atoms with E-state index in [0.717, 1.165) is 38.6 Å². The summed E-state index contributed by atoms with van der Waals surface area (Å²) < 4.78 is 10.6. The molecular weight excluding hydrogens is 332 g/mol. The van der Waals surface area contributed by atoms with E-state index in [2.05, 4.69) is 0 Å². The van der Waals surface area contributed by atoms with E-state index in [4.69, 9.17) is 9.47 Å². The summed E-state index contributed by atoms with van der Waals surface area (Å²) in [6.07, 6.45) is 5.14. The van der Waals surface area contributed by atoms with Crippen LogP contribution in [-0.2, 0) is 4.79 Å². The van der Waals surface area contributed by atoms with Gasteiger partial charge in [-0.05, 0) is 37.5 Å². The number of ether oxygens (including phenoxy) is 2. The maximum atomic E-state index is 13.0. The lowest BCUT2D eigenvalue weighted by molar-refractivity contribution is -0.135. The molecular formula is C20H28N2O4. The third-order valence-corrected chi connectivity index (χ3v) is 5.44. The van der Waals surface area contributed by atoms with E-state index in [1.54, 1.807) is 32.4 Å². The maximum absolute atomic E-state index is 13.0. The van der Waals surface area contributed by atoms with Gasteiger partial charge in [0, 0.05) is 32.1 Å². The Bertz CT molecular complexity index is 655. The van der Waals surface area contributed by atoms with Crippen molar-refractivity contribution in [3.8, 4) is 11.5 Å². The predicted molar refractivity (Wildman–Crippen MR) is 98.6 cm³/mol. The summed E-state index contributed by atoms with van der Waals surface area (Å²) >= 11 is 0. The van der Waals surface area contributed by atoms with E-state index in [1.807, 2.05) is 9.80 Å². The fourth-order valence-corrected chi connectivity index (χ4v) is 3.92. The summed E-state index contributed by atoms with van der Waals surface area (Å²) in [5.74, 6) is 1.56. The first-order chi connectivity index (χ1) is 12.6. The monoisotopic (exact) mass is 360 g/mol. The zero-order valence-electron chi connectivity index (χ0n) is 15.7. The van der Waals surface area contributed by atoms with Crippen LogP contribution in [0.5, 0.6) is 11.5 Å². The molecule has 1 heterocycles. The number of nitrogens with zero attached hydrogens (tertiary/aromatic N) is 2. The van der Waals surface area contributed by atoms with Gasteiger partial charge in [-0.1, -0.05) is 12.8 Å². The molecule has 1 saturated carbocycles. The Balaban J connectivity index is 1.68. The Morgan fingerprint density at radius 2 is 1.62 bits per heavy atom. The van der Waals surface area contributed by atoms with Crippen molar-refractivity contribution in [3.63, 3.8) is 0 Å². The number of methoxy groups -OCH3 is 2. The van der Waals surface area contributed by atoms with Gasteiger partial charge in [0.25, 0.3) is 5.91 Å². The molecule has 1 saturated heterocycles. The number of hydrogen-bond acceptors (Lipinski definition) is 4. The summed E-state index contributed by atoms with van der Waals surface area (Å²) in [5.41, 5.74) is 0.502. The molecule has 6 nitrogen and oxygen atoms in total. The van der Waals surface area contributed by atoms with Gasteiger partial charge < -0.3 is 19.3 Å². The zero-order valence-corrected chi connectivity index (χ0v) is 15.7. The minimum absolute atomic E-state index is 0.0732. The molecule has 0 spiro atoms. The highest BCUT2D eigenvalue weighted by Crippen LogP contribution is 2.28. The molecule has 0 atom stereocenters. The minimum Gasteiger partial charge on any atom is -0.497 e. The van der Waals surface area contributed by atoms with Crippen molar-refractivity contribution in [3.05, 3.63) is 23.8 Å². The molecule has 2 aliphatic rings. The Labute approximate surface area is 155 Å². The van der Waals surface area contributed by atoms with Gasteiger partial charge >= 0.3 is 0 Å². The molecule has 1 aromatic rings. The number of hydrogen-bond donors (Lipinski definition) is 0. The highest BCUT2D eigenvalue weighted by molar-refractivity contribution is 5.97. The lowest BCUT2D eigenvalue weighted by atomic mass is 10.1. The van der Waals surface area contributed by atoms with E-state index in [-0.39, 0.29) is 17.7 Å². The van der Waals surface area contributed by atoms with Crippen molar-refractivity contribution in [1.82, 2.24) is 9.80 Å². The fourth-order valence-electron chi connectivity index (χ4n) is 3.92. The lowest BCUT2D eigenvalue weighted by Crippen LogP contribution is -2.39. The third-order valence-electron chi connectivity index (χ3n) is 5.44. The van der Waals surface area contributed by atoms with E-state index >= 15 is 0 Å². The second kappa shape index (κ2) is 8.43. The lowest BCUT2D eigenvalue weighted by Gasteiger charge is -2.25. The van der Waals surface area contributed by atoms with Crippen LogP contribution in [0.1, 0.15) is 42.5 Å². The van der Waals surface area contributed by atoms with E-state index < -0.39 is 0 Å². The SMILES string of the molecule is COc1ccc(OC)c(C(=O)N2CCCN(C(=O)C3CCCC3)CC2)c1. The predicted octanol–water partition coefficient (Wildman–Crippen LogP) is 2.57. The second-order valence-corrected chi connectivity index (χ2v) is 7.02. The van der Waals surface area contributed by atoms with Crippen molar-refractivity contribution < 1.29 is 19.1 Å². The summed E-state index contributed by atoms with van der Waals surface area (Å²) in [5, 5.41) is 0. The van der Waals surface area contributed by atoms with Crippen LogP contribution in [0.4, 0.5) is 0 Å². The molecule has 0 bridgehead atoms. The number of amides is 2. The first kappa shape index (κ1) is 18.5. The molecule has 0 aromatic heterocycles. The first-order valence-electron chi connectivity index (χ1n) is 9.44. The quantitative estimate of drug-likeness (QED) is 0.828. The van der Waals surface area contributed by atoms with E-state index in [0.29, 0.717) is 36.7 Å². The molecule has 0 N–H and O–H groups in total. The van der Waals surface area contributed by atoms with Gasteiger partial charge in [0.05, 0.1) is 19.8 Å². The molecule has 6 heteroatoms. The maximum Gasteiger partial charge on any atom is 0.257 e. The smallest absolute Gasteiger partial charge is 0.257 e. The number of benzene rings is 1. The summed E-state index contributed by atoms with van der Waals surface area (Å²) in [4.78, 5) is 29.5. The van der Waals surface area contributed by atoms with Gasteiger partial charge in [0.1, 0.15) is 11.5 Å². The summed E-state index contributed by atoms with van der Waals surface area (Å²) in [7, 11) is 3.14. The van der Waals surface area contributed by atoms with Gasteiger partial charge in [-0.15, -0.1) is 0 Å². The van der Waals surface area contributed by atoms with Crippen LogP contribution in [0, 0.1) is 5.92 Å². The normalized spacial score (nSPS) is 18.5. The van der Waals surface area contributed by atoms with Crippen LogP contribution in [0.15, 0.2) is 18.2 Å². The van der Waals surface area contributed by atoms with Crippen molar-refractivity contribution >= 4 is 11.8 Å². The molecule has 0 unspecified atom stereocenters. The van der Waals surface area contributed by atoms with Crippen molar-refractivity contribution in [2.24, 2.45) is 5.92 Å². The second-order valence-electron chi connectivity index (χ2n) is 7.02. The fraction of sp³-hybridized carbons (Fsp3) is 0.600. The molecule has 1 aromatic carbocycles. The average Bonchev–Trinajstić information content (AvgIpc) is 3.11. The highest BCUT2D eigenvalue weighted by atomic mass is 16.5.